The first-order valence-corrected chi connectivity index (χ1v) is 5.25. The maximum Gasteiger partial charge on any atom is 0.127 e. The van der Waals surface area contributed by atoms with Gasteiger partial charge in [0.1, 0.15) is 11.6 Å². The van der Waals surface area contributed by atoms with Gasteiger partial charge in [0.25, 0.3) is 0 Å². The number of benzene rings is 1. The van der Waals surface area contributed by atoms with Crippen LogP contribution in [0.4, 0.5) is 4.39 Å². The molecule has 0 saturated carbocycles. The molecule has 3 heteroatoms. The summed E-state index contributed by atoms with van der Waals surface area (Å²) in [6.45, 7) is 4.25. The van der Waals surface area contributed by atoms with Crippen molar-refractivity contribution >= 4 is 0 Å². The van der Waals surface area contributed by atoms with Crippen LogP contribution < -0.4 is 4.74 Å². The average molecular weight is 212 g/mol. The minimum absolute atomic E-state index is 0.342. The first kappa shape index (κ1) is 12.0. The SMILES string of the molecule is CCCCOc1cc(F)ccc1C(C)O. The summed E-state index contributed by atoms with van der Waals surface area (Å²) in [5.74, 6) is 0.101. The van der Waals surface area contributed by atoms with E-state index >= 15 is 0 Å². The fourth-order valence-electron chi connectivity index (χ4n) is 1.30. The third kappa shape index (κ3) is 3.51. The van der Waals surface area contributed by atoms with Crippen molar-refractivity contribution in [2.75, 3.05) is 6.61 Å². The smallest absolute Gasteiger partial charge is 0.127 e. The van der Waals surface area contributed by atoms with E-state index in [1.165, 1.54) is 12.1 Å². The molecule has 0 saturated heterocycles. The van der Waals surface area contributed by atoms with Crippen LogP contribution in [0.25, 0.3) is 0 Å². The van der Waals surface area contributed by atoms with E-state index in [9.17, 15) is 9.50 Å². The van der Waals surface area contributed by atoms with Gasteiger partial charge < -0.3 is 9.84 Å². The van der Waals surface area contributed by atoms with Gasteiger partial charge in [-0.2, -0.15) is 0 Å². The second-order valence-corrected chi connectivity index (χ2v) is 3.56. The lowest BCUT2D eigenvalue weighted by Crippen LogP contribution is -2.02. The molecule has 1 atom stereocenters. The fourth-order valence-corrected chi connectivity index (χ4v) is 1.30. The predicted molar refractivity (Wildman–Crippen MR) is 57.4 cm³/mol. The highest BCUT2D eigenvalue weighted by molar-refractivity contribution is 5.35. The lowest BCUT2D eigenvalue weighted by atomic mass is 10.1. The minimum atomic E-state index is -0.637. The summed E-state index contributed by atoms with van der Waals surface area (Å²) in [6.07, 6.45) is 1.32. The summed E-state index contributed by atoms with van der Waals surface area (Å²) in [6, 6.07) is 4.20. The van der Waals surface area contributed by atoms with Crippen LogP contribution in [-0.4, -0.2) is 11.7 Å². The van der Waals surface area contributed by atoms with Crippen molar-refractivity contribution in [3.05, 3.63) is 29.6 Å². The van der Waals surface area contributed by atoms with Crippen molar-refractivity contribution in [2.24, 2.45) is 0 Å². The summed E-state index contributed by atoms with van der Waals surface area (Å²) >= 11 is 0. The summed E-state index contributed by atoms with van der Waals surface area (Å²) in [5.41, 5.74) is 0.632. The molecule has 0 aliphatic carbocycles. The Labute approximate surface area is 89.7 Å². The monoisotopic (exact) mass is 212 g/mol. The number of hydrogen-bond donors (Lipinski definition) is 1. The Morgan fingerprint density at radius 3 is 2.80 bits per heavy atom. The van der Waals surface area contributed by atoms with E-state index in [4.69, 9.17) is 4.74 Å². The summed E-state index contributed by atoms with van der Waals surface area (Å²) < 4.78 is 18.4. The maximum atomic E-state index is 13.0. The highest BCUT2D eigenvalue weighted by atomic mass is 19.1. The molecule has 1 unspecified atom stereocenters. The fraction of sp³-hybridized carbons (Fsp3) is 0.500. The van der Waals surface area contributed by atoms with Gasteiger partial charge in [0.05, 0.1) is 12.7 Å². The molecule has 0 aliphatic rings. The van der Waals surface area contributed by atoms with Crippen molar-refractivity contribution in [3.8, 4) is 5.75 Å². The quantitative estimate of drug-likeness (QED) is 0.760. The Morgan fingerprint density at radius 2 is 2.20 bits per heavy atom. The van der Waals surface area contributed by atoms with Gasteiger partial charge in [-0.15, -0.1) is 0 Å². The molecule has 0 amide bonds. The molecule has 2 nitrogen and oxygen atoms in total. The second kappa shape index (κ2) is 5.71. The average Bonchev–Trinajstić information content (AvgIpc) is 2.18. The number of hydrogen-bond acceptors (Lipinski definition) is 2. The van der Waals surface area contributed by atoms with Crippen LogP contribution in [-0.2, 0) is 0 Å². The highest BCUT2D eigenvalue weighted by Gasteiger charge is 2.09. The summed E-state index contributed by atoms with van der Waals surface area (Å²) in [5, 5.41) is 9.45. The zero-order valence-corrected chi connectivity index (χ0v) is 9.16. The van der Waals surface area contributed by atoms with E-state index in [2.05, 4.69) is 6.92 Å². The van der Waals surface area contributed by atoms with E-state index < -0.39 is 6.10 Å². The molecular formula is C12H17FO2. The van der Waals surface area contributed by atoms with Gasteiger partial charge in [-0.25, -0.2) is 4.39 Å². The van der Waals surface area contributed by atoms with Gasteiger partial charge in [-0.3, -0.25) is 0 Å². The Balaban J connectivity index is 2.77. The molecule has 1 N–H and O–H groups in total. The van der Waals surface area contributed by atoms with Gasteiger partial charge in [0.2, 0.25) is 0 Å². The Morgan fingerprint density at radius 1 is 1.47 bits per heavy atom. The number of halogens is 1. The van der Waals surface area contributed by atoms with E-state index in [0.717, 1.165) is 12.8 Å². The Hall–Kier alpha value is -1.09. The molecule has 15 heavy (non-hydrogen) atoms. The molecule has 1 aromatic rings. The van der Waals surface area contributed by atoms with Crippen LogP contribution in [0.2, 0.25) is 0 Å². The molecule has 0 bridgehead atoms. The molecule has 1 aromatic carbocycles. The van der Waals surface area contributed by atoms with E-state index in [-0.39, 0.29) is 5.82 Å². The third-order valence-corrected chi connectivity index (χ3v) is 2.18. The van der Waals surface area contributed by atoms with Crippen LogP contribution >= 0.6 is 0 Å². The van der Waals surface area contributed by atoms with E-state index in [0.29, 0.717) is 17.9 Å². The number of aliphatic hydroxyl groups excluding tert-OH is 1. The predicted octanol–water partition coefficient (Wildman–Crippen LogP) is 3.06. The molecule has 0 fully saturated rings. The van der Waals surface area contributed by atoms with Crippen LogP contribution in [0.15, 0.2) is 18.2 Å². The highest BCUT2D eigenvalue weighted by Crippen LogP contribution is 2.26. The van der Waals surface area contributed by atoms with Crippen molar-refractivity contribution in [3.63, 3.8) is 0 Å². The third-order valence-electron chi connectivity index (χ3n) is 2.18. The number of aliphatic hydroxyl groups is 1. The van der Waals surface area contributed by atoms with Crippen LogP contribution in [0, 0.1) is 5.82 Å². The molecule has 84 valence electrons. The summed E-state index contributed by atoms with van der Waals surface area (Å²) in [7, 11) is 0. The molecule has 0 radical (unpaired) electrons. The van der Waals surface area contributed by atoms with Crippen molar-refractivity contribution in [1.29, 1.82) is 0 Å². The van der Waals surface area contributed by atoms with Crippen LogP contribution in [0.3, 0.4) is 0 Å². The molecule has 0 heterocycles. The van der Waals surface area contributed by atoms with E-state index in [1.807, 2.05) is 0 Å². The van der Waals surface area contributed by atoms with Crippen molar-refractivity contribution < 1.29 is 14.2 Å². The topological polar surface area (TPSA) is 29.5 Å². The van der Waals surface area contributed by atoms with Crippen molar-refractivity contribution in [1.82, 2.24) is 0 Å². The Kier molecular flexibility index (Phi) is 4.56. The van der Waals surface area contributed by atoms with Gasteiger partial charge in [-0.05, 0) is 25.5 Å². The largest absolute Gasteiger partial charge is 0.493 e. The normalized spacial score (nSPS) is 12.5. The molecule has 0 aliphatic heterocycles. The lowest BCUT2D eigenvalue weighted by molar-refractivity contribution is 0.190. The maximum absolute atomic E-state index is 13.0. The number of ether oxygens (including phenoxy) is 1. The van der Waals surface area contributed by atoms with Crippen molar-refractivity contribution in [2.45, 2.75) is 32.8 Å². The first-order valence-electron chi connectivity index (χ1n) is 5.25. The Bertz CT molecular complexity index is 310. The molecule has 0 aromatic heterocycles. The lowest BCUT2D eigenvalue weighted by Gasteiger charge is -2.13. The summed E-state index contributed by atoms with van der Waals surface area (Å²) in [4.78, 5) is 0. The van der Waals surface area contributed by atoms with E-state index in [1.54, 1.807) is 13.0 Å². The molecule has 0 spiro atoms. The van der Waals surface area contributed by atoms with Crippen LogP contribution in [0.1, 0.15) is 38.4 Å². The zero-order chi connectivity index (χ0) is 11.3. The minimum Gasteiger partial charge on any atom is -0.493 e. The number of rotatable bonds is 5. The van der Waals surface area contributed by atoms with Crippen LogP contribution in [0.5, 0.6) is 5.75 Å². The number of unbranched alkanes of at least 4 members (excludes halogenated alkanes) is 1. The van der Waals surface area contributed by atoms with Gasteiger partial charge in [0.15, 0.2) is 0 Å². The van der Waals surface area contributed by atoms with Gasteiger partial charge >= 0.3 is 0 Å². The van der Waals surface area contributed by atoms with Gasteiger partial charge in [0, 0.05) is 11.6 Å². The standard InChI is InChI=1S/C12H17FO2/c1-3-4-7-15-12-8-10(13)5-6-11(12)9(2)14/h5-6,8-9,14H,3-4,7H2,1-2H3. The zero-order valence-electron chi connectivity index (χ0n) is 9.16. The second-order valence-electron chi connectivity index (χ2n) is 3.56. The molecular weight excluding hydrogens is 195 g/mol. The van der Waals surface area contributed by atoms with Gasteiger partial charge in [-0.1, -0.05) is 13.3 Å². The first-order chi connectivity index (χ1) is 7.15. The molecule has 1 rings (SSSR count).